The average Bonchev–Trinajstić information content (AvgIpc) is 2.43. The topological polar surface area (TPSA) is 46.3 Å². The maximum Gasteiger partial charge on any atom is 0.253 e. The number of nitrogen functional groups attached to an aromatic ring is 1. The number of rotatable bonds is 3. The van der Waals surface area contributed by atoms with Crippen LogP contribution < -0.4 is 5.73 Å². The summed E-state index contributed by atoms with van der Waals surface area (Å²) in [7, 11) is 1.76. The van der Waals surface area contributed by atoms with E-state index >= 15 is 0 Å². The number of amides is 1. The Labute approximate surface area is 131 Å². The third-order valence-electron chi connectivity index (χ3n) is 2.95. The highest BCUT2D eigenvalue weighted by atomic mass is 79.9. The van der Waals surface area contributed by atoms with Crippen molar-refractivity contribution in [2.24, 2.45) is 0 Å². The lowest BCUT2D eigenvalue weighted by atomic mass is 10.1. The fourth-order valence-corrected chi connectivity index (χ4v) is 2.38. The van der Waals surface area contributed by atoms with E-state index in [-0.39, 0.29) is 5.91 Å². The molecule has 0 fully saturated rings. The van der Waals surface area contributed by atoms with E-state index in [1.807, 2.05) is 24.3 Å². The summed E-state index contributed by atoms with van der Waals surface area (Å²) in [6, 6.07) is 12.7. The van der Waals surface area contributed by atoms with Gasteiger partial charge in [0.05, 0.1) is 10.7 Å². The number of hydrogen-bond donors (Lipinski definition) is 1. The van der Waals surface area contributed by atoms with E-state index in [1.54, 1.807) is 30.1 Å². The minimum absolute atomic E-state index is 0.0934. The number of anilines is 1. The third-order valence-corrected chi connectivity index (χ3v) is 4.07. The number of benzene rings is 2. The molecule has 2 rings (SSSR count). The lowest BCUT2D eigenvalue weighted by molar-refractivity contribution is 0.0785. The van der Waals surface area contributed by atoms with Crippen molar-refractivity contribution in [3.05, 3.63) is 63.1 Å². The van der Waals surface area contributed by atoms with Gasteiger partial charge in [-0.05, 0) is 29.8 Å². The van der Waals surface area contributed by atoms with Gasteiger partial charge in [-0.3, -0.25) is 4.79 Å². The Hall–Kier alpha value is -1.52. The number of carbonyl (C=O) groups excluding carboxylic acids is 1. The summed E-state index contributed by atoms with van der Waals surface area (Å²) in [5.41, 5.74) is 7.71. The summed E-state index contributed by atoms with van der Waals surface area (Å²) >= 11 is 9.34. The monoisotopic (exact) mass is 352 g/mol. The highest BCUT2D eigenvalue weighted by Gasteiger charge is 2.14. The van der Waals surface area contributed by atoms with Gasteiger partial charge >= 0.3 is 0 Å². The van der Waals surface area contributed by atoms with Gasteiger partial charge in [0.1, 0.15) is 0 Å². The second-order valence-electron chi connectivity index (χ2n) is 4.49. The summed E-state index contributed by atoms with van der Waals surface area (Å²) in [5, 5.41) is 0.454. The van der Waals surface area contributed by atoms with Crippen molar-refractivity contribution in [3.63, 3.8) is 0 Å². The van der Waals surface area contributed by atoms with Gasteiger partial charge in [-0.2, -0.15) is 0 Å². The SMILES string of the molecule is CN(Cc1ccccc1Br)C(=O)c1ccc(Cl)c(N)c1. The van der Waals surface area contributed by atoms with E-state index in [1.165, 1.54) is 0 Å². The van der Waals surface area contributed by atoms with Crippen molar-refractivity contribution in [1.29, 1.82) is 0 Å². The van der Waals surface area contributed by atoms with Crippen LogP contribution in [0, 0.1) is 0 Å². The standard InChI is InChI=1S/C15H14BrClN2O/c1-19(9-11-4-2-3-5-12(11)16)15(20)10-6-7-13(17)14(18)8-10/h2-8H,9,18H2,1H3. The highest BCUT2D eigenvalue weighted by molar-refractivity contribution is 9.10. The summed E-state index contributed by atoms with van der Waals surface area (Å²) in [6.45, 7) is 0.517. The van der Waals surface area contributed by atoms with Gasteiger partial charge in [-0.1, -0.05) is 45.7 Å². The molecular formula is C15H14BrClN2O. The predicted octanol–water partition coefficient (Wildman–Crippen LogP) is 3.96. The maximum atomic E-state index is 12.3. The number of nitrogens with zero attached hydrogens (tertiary/aromatic N) is 1. The lowest BCUT2D eigenvalue weighted by Gasteiger charge is -2.18. The zero-order valence-corrected chi connectivity index (χ0v) is 13.3. The Morgan fingerprint density at radius 2 is 2.00 bits per heavy atom. The number of carbonyl (C=O) groups is 1. The molecule has 0 saturated heterocycles. The van der Waals surface area contributed by atoms with Gasteiger partial charge in [0.25, 0.3) is 5.91 Å². The maximum absolute atomic E-state index is 12.3. The van der Waals surface area contributed by atoms with Gasteiger partial charge in [-0.15, -0.1) is 0 Å². The molecule has 3 nitrogen and oxygen atoms in total. The Morgan fingerprint density at radius 1 is 1.30 bits per heavy atom. The number of hydrogen-bond acceptors (Lipinski definition) is 2. The van der Waals surface area contributed by atoms with Crippen LogP contribution in [0.2, 0.25) is 5.02 Å². The quantitative estimate of drug-likeness (QED) is 0.849. The van der Waals surface area contributed by atoms with Gasteiger partial charge < -0.3 is 10.6 Å². The van der Waals surface area contributed by atoms with Gasteiger partial charge in [0.15, 0.2) is 0 Å². The van der Waals surface area contributed by atoms with Crippen molar-refractivity contribution < 1.29 is 4.79 Å². The van der Waals surface area contributed by atoms with E-state index in [4.69, 9.17) is 17.3 Å². The Morgan fingerprint density at radius 3 is 2.65 bits per heavy atom. The molecule has 0 unspecified atom stereocenters. The van der Waals surface area contributed by atoms with E-state index in [0.29, 0.717) is 22.8 Å². The zero-order valence-electron chi connectivity index (χ0n) is 10.9. The van der Waals surface area contributed by atoms with E-state index in [0.717, 1.165) is 10.0 Å². The molecule has 0 spiro atoms. The fourth-order valence-electron chi connectivity index (χ4n) is 1.85. The van der Waals surface area contributed by atoms with Crippen molar-refractivity contribution >= 4 is 39.1 Å². The molecule has 2 aromatic rings. The van der Waals surface area contributed by atoms with Crippen LogP contribution >= 0.6 is 27.5 Å². The van der Waals surface area contributed by atoms with Crippen LogP contribution in [0.1, 0.15) is 15.9 Å². The van der Waals surface area contributed by atoms with Crippen LogP contribution in [0.5, 0.6) is 0 Å². The molecule has 0 heterocycles. The summed E-state index contributed by atoms with van der Waals surface area (Å²) < 4.78 is 0.982. The predicted molar refractivity (Wildman–Crippen MR) is 85.8 cm³/mol. The molecule has 2 aromatic carbocycles. The van der Waals surface area contributed by atoms with Crippen molar-refractivity contribution in [3.8, 4) is 0 Å². The van der Waals surface area contributed by atoms with Crippen LogP contribution in [0.25, 0.3) is 0 Å². The minimum Gasteiger partial charge on any atom is -0.398 e. The molecule has 0 bridgehead atoms. The molecule has 2 N–H and O–H groups in total. The molecule has 0 aliphatic carbocycles. The van der Waals surface area contributed by atoms with Crippen molar-refractivity contribution in [2.75, 3.05) is 12.8 Å². The smallest absolute Gasteiger partial charge is 0.253 e. The van der Waals surface area contributed by atoms with Crippen LogP contribution in [0.4, 0.5) is 5.69 Å². The first-order valence-corrected chi connectivity index (χ1v) is 7.20. The molecule has 0 radical (unpaired) electrons. The van der Waals surface area contributed by atoms with Crippen molar-refractivity contribution in [1.82, 2.24) is 4.90 Å². The van der Waals surface area contributed by atoms with E-state index in [9.17, 15) is 4.79 Å². The summed E-state index contributed by atoms with van der Waals surface area (Å²) in [6.07, 6.45) is 0. The third kappa shape index (κ3) is 3.32. The Kier molecular flexibility index (Phi) is 4.68. The minimum atomic E-state index is -0.0934. The first-order chi connectivity index (χ1) is 9.49. The van der Waals surface area contributed by atoms with Gasteiger partial charge in [0, 0.05) is 23.6 Å². The zero-order chi connectivity index (χ0) is 14.7. The molecule has 104 valence electrons. The van der Waals surface area contributed by atoms with Crippen LogP contribution in [-0.2, 0) is 6.54 Å². The van der Waals surface area contributed by atoms with Crippen LogP contribution in [0.3, 0.4) is 0 Å². The molecule has 0 aromatic heterocycles. The van der Waals surface area contributed by atoms with E-state index < -0.39 is 0 Å². The molecular weight excluding hydrogens is 340 g/mol. The molecule has 0 saturated carbocycles. The molecule has 20 heavy (non-hydrogen) atoms. The van der Waals surface area contributed by atoms with E-state index in [2.05, 4.69) is 15.9 Å². The Balaban J connectivity index is 2.16. The highest BCUT2D eigenvalue weighted by Crippen LogP contribution is 2.22. The molecule has 0 aliphatic heterocycles. The van der Waals surface area contributed by atoms with Crippen molar-refractivity contribution in [2.45, 2.75) is 6.54 Å². The first-order valence-electron chi connectivity index (χ1n) is 6.03. The second kappa shape index (κ2) is 6.29. The number of nitrogens with two attached hydrogens (primary N) is 1. The molecule has 0 aliphatic rings. The Bertz CT molecular complexity index is 646. The molecule has 1 amide bonds. The van der Waals surface area contributed by atoms with Crippen LogP contribution in [0.15, 0.2) is 46.9 Å². The molecule has 5 heteroatoms. The molecule has 0 atom stereocenters. The first kappa shape index (κ1) is 14.9. The average molecular weight is 354 g/mol. The normalized spacial score (nSPS) is 10.3. The lowest BCUT2D eigenvalue weighted by Crippen LogP contribution is -2.26. The summed E-state index contributed by atoms with van der Waals surface area (Å²) in [4.78, 5) is 14.0. The fraction of sp³-hybridized carbons (Fsp3) is 0.133. The second-order valence-corrected chi connectivity index (χ2v) is 5.75. The van der Waals surface area contributed by atoms with Crippen LogP contribution in [-0.4, -0.2) is 17.9 Å². The largest absolute Gasteiger partial charge is 0.398 e. The number of halogens is 2. The van der Waals surface area contributed by atoms with Gasteiger partial charge in [-0.25, -0.2) is 0 Å². The summed E-state index contributed by atoms with van der Waals surface area (Å²) in [5.74, 6) is -0.0934. The van der Waals surface area contributed by atoms with Gasteiger partial charge in [0.2, 0.25) is 0 Å².